The van der Waals surface area contributed by atoms with Crippen LogP contribution in [0.5, 0.6) is 11.5 Å². The predicted octanol–water partition coefficient (Wildman–Crippen LogP) is 4.67. The fourth-order valence-corrected chi connectivity index (χ4v) is 3.54. The van der Waals surface area contributed by atoms with Gasteiger partial charge in [-0.1, -0.05) is 37.5 Å². The highest BCUT2D eigenvalue weighted by atomic mass is 19.1. The average Bonchev–Trinajstić information content (AvgIpc) is 2.72. The van der Waals surface area contributed by atoms with Crippen LogP contribution in [-0.4, -0.2) is 37.6 Å². The summed E-state index contributed by atoms with van der Waals surface area (Å²) in [6, 6.07) is 12.0. The largest absolute Gasteiger partial charge is 0.497 e. The van der Waals surface area contributed by atoms with Crippen molar-refractivity contribution in [2.75, 3.05) is 20.8 Å². The highest BCUT2D eigenvalue weighted by Gasteiger charge is 2.22. The first-order valence-electron chi connectivity index (χ1n) is 9.41. The summed E-state index contributed by atoms with van der Waals surface area (Å²) in [6.45, 7) is -0.0448. The molecule has 1 saturated carbocycles. The molecule has 3 rings (SSSR count). The fourth-order valence-electron chi connectivity index (χ4n) is 3.54. The minimum absolute atomic E-state index is 0.0443. The van der Waals surface area contributed by atoms with Crippen molar-refractivity contribution in [3.8, 4) is 22.6 Å². The van der Waals surface area contributed by atoms with Gasteiger partial charge in [0.15, 0.2) is 6.61 Å². The van der Waals surface area contributed by atoms with Crippen LogP contribution in [0.1, 0.15) is 32.1 Å². The summed E-state index contributed by atoms with van der Waals surface area (Å²) in [5.41, 5.74) is 1.11. The number of carbonyl (C=O) groups is 1. The highest BCUT2D eigenvalue weighted by Crippen LogP contribution is 2.31. The summed E-state index contributed by atoms with van der Waals surface area (Å²) in [6.07, 6.45) is 5.70. The molecule has 0 unspecified atom stereocenters. The van der Waals surface area contributed by atoms with E-state index in [9.17, 15) is 9.18 Å². The Morgan fingerprint density at radius 1 is 1.11 bits per heavy atom. The Labute approximate surface area is 159 Å². The van der Waals surface area contributed by atoms with E-state index in [1.54, 1.807) is 48.4 Å². The van der Waals surface area contributed by atoms with Crippen LogP contribution < -0.4 is 9.47 Å². The maximum atomic E-state index is 14.1. The van der Waals surface area contributed by atoms with Gasteiger partial charge >= 0.3 is 0 Å². The standard InChI is InChI=1S/C22H26FNO3/c1-24(17-8-4-3-5-9-17)22(25)15-27-19-13-16(12-18(14-19)26-2)20-10-6-7-11-21(20)23/h6-7,10-14,17H,3-5,8-9,15H2,1-2H3. The van der Waals surface area contributed by atoms with Crippen molar-refractivity contribution in [1.29, 1.82) is 0 Å². The quantitative estimate of drug-likeness (QED) is 0.741. The Hall–Kier alpha value is -2.56. The number of likely N-dealkylation sites (N-methyl/N-ethyl adjacent to an activating group) is 1. The van der Waals surface area contributed by atoms with E-state index in [1.165, 1.54) is 25.3 Å². The summed E-state index contributed by atoms with van der Waals surface area (Å²) in [5.74, 6) is 0.679. The minimum atomic E-state index is -0.315. The van der Waals surface area contributed by atoms with Gasteiger partial charge in [0.2, 0.25) is 0 Å². The van der Waals surface area contributed by atoms with Crippen LogP contribution in [0.2, 0.25) is 0 Å². The van der Waals surface area contributed by atoms with Crippen LogP contribution in [0, 0.1) is 5.82 Å². The third kappa shape index (κ3) is 4.79. The van der Waals surface area contributed by atoms with Gasteiger partial charge in [-0.25, -0.2) is 4.39 Å². The van der Waals surface area contributed by atoms with Gasteiger partial charge in [0, 0.05) is 24.7 Å². The minimum Gasteiger partial charge on any atom is -0.497 e. The van der Waals surface area contributed by atoms with E-state index in [4.69, 9.17) is 9.47 Å². The van der Waals surface area contributed by atoms with Crippen molar-refractivity contribution in [3.63, 3.8) is 0 Å². The number of carbonyl (C=O) groups excluding carboxylic acids is 1. The Balaban J connectivity index is 1.72. The number of rotatable bonds is 6. The molecule has 1 fully saturated rings. The smallest absolute Gasteiger partial charge is 0.260 e. The van der Waals surface area contributed by atoms with E-state index < -0.39 is 0 Å². The number of hydrogen-bond acceptors (Lipinski definition) is 3. The Morgan fingerprint density at radius 3 is 2.52 bits per heavy atom. The topological polar surface area (TPSA) is 38.8 Å². The second-order valence-electron chi connectivity index (χ2n) is 6.96. The van der Waals surface area contributed by atoms with E-state index in [0.717, 1.165) is 12.8 Å². The number of benzene rings is 2. The van der Waals surface area contributed by atoms with E-state index in [0.29, 0.717) is 28.7 Å². The maximum Gasteiger partial charge on any atom is 0.260 e. The Morgan fingerprint density at radius 2 is 1.81 bits per heavy atom. The van der Waals surface area contributed by atoms with Crippen LogP contribution in [0.25, 0.3) is 11.1 Å². The van der Waals surface area contributed by atoms with E-state index >= 15 is 0 Å². The molecule has 144 valence electrons. The number of amides is 1. The van der Waals surface area contributed by atoms with Crippen molar-refractivity contribution in [2.45, 2.75) is 38.1 Å². The second-order valence-corrected chi connectivity index (χ2v) is 6.96. The first-order valence-corrected chi connectivity index (χ1v) is 9.41. The molecule has 0 aromatic heterocycles. The van der Waals surface area contributed by atoms with Crippen LogP contribution in [0.3, 0.4) is 0 Å². The summed E-state index contributed by atoms with van der Waals surface area (Å²) < 4.78 is 25.2. The van der Waals surface area contributed by atoms with E-state index in [2.05, 4.69) is 0 Å². The molecule has 4 nitrogen and oxygen atoms in total. The summed E-state index contributed by atoms with van der Waals surface area (Å²) in [4.78, 5) is 14.3. The molecule has 0 heterocycles. The molecule has 0 radical (unpaired) electrons. The fraction of sp³-hybridized carbons (Fsp3) is 0.409. The van der Waals surface area contributed by atoms with Crippen molar-refractivity contribution >= 4 is 5.91 Å². The Kier molecular flexibility index (Phi) is 6.32. The normalized spacial score (nSPS) is 14.6. The molecule has 1 aliphatic carbocycles. The molecule has 5 heteroatoms. The van der Waals surface area contributed by atoms with Crippen molar-refractivity contribution < 1.29 is 18.7 Å². The van der Waals surface area contributed by atoms with Gasteiger partial charge in [0.05, 0.1) is 7.11 Å². The molecule has 2 aromatic rings. The lowest BCUT2D eigenvalue weighted by atomic mass is 9.94. The van der Waals surface area contributed by atoms with Gasteiger partial charge < -0.3 is 14.4 Å². The molecular weight excluding hydrogens is 345 g/mol. The Bertz CT molecular complexity index is 787. The van der Waals surface area contributed by atoms with Crippen molar-refractivity contribution in [1.82, 2.24) is 4.90 Å². The number of ether oxygens (including phenoxy) is 2. The lowest BCUT2D eigenvalue weighted by Crippen LogP contribution is -2.40. The molecule has 1 aliphatic rings. The van der Waals surface area contributed by atoms with Crippen LogP contribution in [-0.2, 0) is 4.79 Å². The zero-order valence-electron chi connectivity index (χ0n) is 15.9. The third-order valence-electron chi connectivity index (χ3n) is 5.18. The zero-order chi connectivity index (χ0) is 19.2. The number of halogens is 1. The maximum absolute atomic E-state index is 14.1. The molecule has 1 amide bonds. The lowest BCUT2D eigenvalue weighted by Gasteiger charge is -2.31. The van der Waals surface area contributed by atoms with Gasteiger partial charge in [-0.15, -0.1) is 0 Å². The molecule has 27 heavy (non-hydrogen) atoms. The van der Waals surface area contributed by atoms with Gasteiger partial charge in [-0.3, -0.25) is 4.79 Å². The number of hydrogen-bond donors (Lipinski definition) is 0. The SMILES string of the molecule is COc1cc(OCC(=O)N(C)C2CCCCC2)cc(-c2ccccc2F)c1. The molecule has 0 atom stereocenters. The van der Waals surface area contributed by atoms with Crippen LogP contribution >= 0.6 is 0 Å². The number of nitrogens with zero attached hydrogens (tertiary/aromatic N) is 1. The van der Waals surface area contributed by atoms with E-state index in [-0.39, 0.29) is 18.3 Å². The summed E-state index contributed by atoms with van der Waals surface area (Å²) in [5, 5.41) is 0. The lowest BCUT2D eigenvalue weighted by molar-refractivity contribution is -0.134. The molecule has 0 saturated heterocycles. The molecule has 0 N–H and O–H groups in total. The first kappa shape index (κ1) is 19.2. The van der Waals surface area contributed by atoms with Crippen LogP contribution in [0.4, 0.5) is 4.39 Å². The first-order chi connectivity index (χ1) is 13.1. The third-order valence-corrected chi connectivity index (χ3v) is 5.18. The molecule has 0 bridgehead atoms. The van der Waals surface area contributed by atoms with E-state index in [1.807, 2.05) is 7.05 Å². The average molecular weight is 371 g/mol. The van der Waals surface area contributed by atoms with Crippen molar-refractivity contribution in [2.24, 2.45) is 0 Å². The highest BCUT2D eigenvalue weighted by molar-refractivity contribution is 5.78. The van der Waals surface area contributed by atoms with Gasteiger partial charge in [0.25, 0.3) is 5.91 Å². The second kappa shape index (κ2) is 8.89. The molecular formula is C22H26FNO3. The zero-order valence-corrected chi connectivity index (χ0v) is 15.9. The van der Waals surface area contributed by atoms with Gasteiger partial charge in [-0.05, 0) is 36.6 Å². The van der Waals surface area contributed by atoms with Crippen LogP contribution in [0.15, 0.2) is 42.5 Å². The van der Waals surface area contributed by atoms with Gasteiger partial charge in [0.1, 0.15) is 17.3 Å². The molecule has 0 spiro atoms. The monoisotopic (exact) mass is 371 g/mol. The van der Waals surface area contributed by atoms with Gasteiger partial charge in [-0.2, -0.15) is 0 Å². The molecule has 2 aromatic carbocycles. The predicted molar refractivity (Wildman–Crippen MR) is 104 cm³/mol. The molecule has 0 aliphatic heterocycles. The number of methoxy groups -OCH3 is 1. The summed E-state index contributed by atoms with van der Waals surface area (Å²) in [7, 11) is 3.39. The van der Waals surface area contributed by atoms with Crippen molar-refractivity contribution in [3.05, 3.63) is 48.3 Å². The summed E-state index contributed by atoms with van der Waals surface area (Å²) >= 11 is 0.